The second-order valence-electron chi connectivity index (χ2n) is 5.19. The summed E-state index contributed by atoms with van der Waals surface area (Å²) in [6, 6.07) is 0.691. The summed E-state index contributed by atoms with van der Waals surface area (Å²) in [5, 5.41) is 21.0. The molecule has 0 aromatic rings. The van der Waals surface area contributed by atoms with Gasteiger partial charge in [-0.05, 0) is 45.8 Å². The van der Waals surface area contributed by atoms with Crippen LogP contribution < -0.4 is 5.32 Å². The van der Waals surface area contributed by atoms with Crippen molar-refractivity contribution in [3.05, 3.63) is 0 Å². The fourth-order valence-corrected chi connectivity index (χ4v) is 2.44. The third-order valence-corrected chi connectivity index (χ3v) is 3.53. The van der Waals surface area contributed by atoms with E-state index in [9.17, 15) is 9.90 Å². The molecule has 3 N–H and O–H groups in total. The van der Waals surface area contributed by atoms with E-state index in [1.54, 1.807) is 0 Å². The largest absolute Gasteiger partial charge is 0.481 e. The number of nitrogens with one attached hydrogen (secondary N) is 1. The zero-order valence-electron chi connectivity index (χ0n) is 11.3. The number of nitrogens with zero attached hydrogens (tertiary/aromatic N) is 1. The Morgan fingerprint density at radius 3 is 2.94 bits per heavy atom. The lowest BCUT2D eigenvalue weighted by molar-refractivity contribution is -0.139. The first-order valence-corrected chi connectivity index (χ1v) is 6.94. The molecule has 1 fully saturated rings. The Labute approximate surface area is 109 Å². The van der Waals surface area contributed by atoms with Gasteiger partial charge in [-0.3, -0.25) is 4.79 Å². The topological polar surface area (TPSA) is 72.8 Å². The number of carboxylic acid groups (broad SMARTS) is 1. The number of aliphatic hydroxyl groups is 1. The van der Waals surface area contributed by atoms with Gasteiger partial charge in [-0.15, -0.1) is 0 Å². The van der Waals surface area contributed by atoms with E-state index in [1.807, 2.05) is 0 Å². The van der Waals surface area contributed by atoms with Gasteiger partial charge in [0.15, 0.2) is 0 Å². The maximum atomic E-state index is 10.3. The summed E-state index contributed by atoms with van der Waals surface area (Å²) in [5.41, 5.74) is 0. The number of rotatable bonds is 8. The Morgan fingerprint density at radius 2 is 2.28 bits per heavy atom. The fraction of sp³-hybridized carbons (Fsp3) is 0.923. The molecule has 1 aliphatic rings. The van der Waals surface area contributed by atoms with Crippen LogP contribution in [-0.4, -0.2) is 59.4 Å². The highest BCUT2D eigenvalue weighted by molar-refractivity contribution is 5.67. The van der Waals surface area contributed by atoms with Crippen molar-refractivity contribution in [1.29, 1.82) is 0 Å². The molecule has 1 heterocycles. The highest BCUT2D eigenvalue weighted by Crippen LogP contribution is 2.15. The first kappa shape index (κ1) is 15.4. The van der Waals surface area contributed by atoms with Gasteiger partial charge in [-0.1, -0.05) is 6.42 Å². The van der Waals surface area contributed by atoms with Gasteiger partial charge in [0.25, 0.3) is 0 Å². The van der Waals surface area contributed by atoms with E-state index in [0.29, 0.717) is 12.6 Å². The van der Waals surface area contributed by atoms with Crippen molar-refractivity contribution in [3.63, 3.8) is 0 Å². The molecule has 0 aromatic carbocycles. The van der Waals surface area contributed by atoms with E-state index in [2.05, 4.69) is 17.1 Å². The number of carbonyl (C=O) groups is 1. The zero-order chi connectivity index (χ0) is 13.4. The molecule has 0 amide bonds. The van der Waals surface area contributed by atoms with Gasteiger partial charge in [0.05, 0.1) is 12.5 Å². The lowest BCUT2D eigenvalue weighted by atomic mass is 10.0. The lowest BCUT2D eigenvalue weighted by Crippen LogP contribution is -2.39. The Hall–Kier alpha value is -0.650. The van der Waals surface area contributed by atoms with Gasteiger partial charge in [-0.25, -0.2) is 0 Å². The van der Waals surface area contributed by atoms with Crippen molar-refractivity contribution in [2.24, 2.45) is 0 Å². The minimum atomic E-state index is -0.952. The number of hydrogen-bond acceptors (Lipinski definition) is 4. The maximum Gasteiger partial charge on any atom is 0.306 e. The number of aliphatic carboxylic acids is 1. The van der Waals surface area contributed by atoms with Crippen LogP contribution in [0.2, 0.25) is 0 Å². The molecule has 18 heavy (non-hydrogen) atoms. The Kier molecular flexibility index (Phi) is 7.23. The quantitative estimate of drug-likeness (QED) is 0.558. The molecule has 1 rings (SSSR count). The average molecular weight is 258 g/mol. The predicted molar refractivity (Wildman–Crippen MR) is 70.6 cm³/mol. The van der Waals surface area contributed by atoms with Gasteiger partial charge < -0.3 is 20.4 Å². The maximum absolute atomic E-state index is 10.3. The van der Waals surface area contributed by atoms with E-state index in [1.165, 1.54) is 25.8 Å². The van der Waals surface area contributed by atoms with Crippen LogP contribution in [0, 0.1) is 0 Å². The molecule has 0 aliphatic carbocycles. The molecule has 1 aliphatic heterocycles. The van der Waals surface area contributed by atoms with E-state index >= 15 is 0 Å². The fourth-order valence-electron chi connectivity index (χ4n) is 2.44. The number of carboxylic acids is 1. The summed E-state index contributed by atoms with van der Waals surface area (Å²) < 4.78 is 0. The minimum absolute atomic E-state index is 0.184. The number of piperidine rings is 1. The van der Waals surface area contributed by atoms with Gasteiger partial charge >= 0.3 is 5.97 Å². The molecule has 5 heteroatoms. The standard InChI is InChI=1S/C13H26N2O3/c1-11-5-2-3-7-15(11)8-4-6-14-10-12(16)9-13(17)18/h11-12,14,16H,2-10H2,1H3,(H,17,18). The summed E-state index contributed by atoms with van der Waals surface area (Å²) in [6.45, 7) is 5.76. The highest BCUT2D eigenvalue weighted by Gasteiger charge is 2.17. The number of likely N-dealkylation sites (tertiary alicyclic amines) is 1. The molecule has 0 radical (unpaired) electrons. The van der Waals surface area contributed by atoms with Crippen molar-refractivity contribution in [2.75, 3.05) is 26.2 Å². The lowest BCUT2D eigenvalue weighted by Gasteiger charge is -2.33. The van der Waals surface area contributed by atoms with E-state index in [4.69, 9.17) is 5.11 Å². The normalized spacial score (nSPS) is 22.9. The van der Waals surface area contributed by atoms with Crippen molar-refractivity contribution in [3.8, 4) is 0 Å². The second kappa shape index (κ2) is 8.45. The Balaban J connectivity index is 1.99. The van der Waals surface area contributed by atoms with Crippen LogP contribution >= 0.6 is 0 Å². The monoisotopic (exact) mass is 258 g/mol. The first-order chi connectivity index (χ1) is 8.59. The molecule has 2 unspecified atom stereocenters. The molecule has 0 aromatic heterocycles. The minimum Gasteiger partial charge on any atom is -0.481 e. The molecule has 0 saturated carbocycles. The summed E-state index contributed by atoms with van der Waals surface area (Å²) in [7, 11) is 0. The molecule has 5 nitrogen and oxygen atoms in total. The van der Waals surface area contributed by atoms with Crippen LogP contribution in [0.25, 0.3) is 0 Å². The third-order valence-electron chi connectivity index (χ3n) is 3.53. The van der Waals surface area contributed by atoms with Gasteiger partial charge in [0.1, 0.15) is 0 Å². The number of aliphatic hydroxyl groups excluding tert-OH is 1. The molecule has 1 saturated heterocycles. The van der Waals surface area contributed by atoms with Gasteiger partial charge in [-0.2, -0.15) is 0 Å². The molecule has 0 bridgehead atoms. The van der Waals surface area contributed by atoms with E-state index in [-0.39, 0.29) is 6.42 Å². The van der Waals surface area contributed by atoms with Crippen LogP contribution in [0.5, 0.6) is 0 Å². The van der Waals surface area contributed by atoms with Crippen molar-refractivity contribution in [2.45, 2.75) is 51.2 Å². The van der Waals surface area contributed by atoms with Crippen LogP contribution in [0.3, 0.4) is 0 Å². The van der Waals surface area contributed by atoms with Crippen LogP contribution in [0.1, 0.15) is 39.0 Å². The van der Waals surface area contributed by atoms with Gasteiger partial charge in [0, 0.05) is 12.6 Å². The molecular weight excluding hydrogens is 232 g/mol. The number of hydrogen-bond donors (Lipinski definition) is 3. The summed E-state index contributed by atoms with van der Waals surface area (Å²) in [5.74, 6) is -0.952. The molecule has 0 spiro atoms. The Morgan fingerprint density at radius 1 is 1.50 bits per heavy atom. The first-order valence-electron chi connectivity index (χ1n) is 6.94. The van der Waals surface area contributed by atoms with E-state index in [0.717, 1.165) is 19.5 Å². The van der Waals surface area contributed by atoms with E-state index < -0.39 is 12.1 Å². The third kappa shape index (κ3) is 6.33. The van der Waals surface area contributed by atoms with Crippen LogP contribution in [-0.2, 0) is 4.79 Å². The van der Waals surface area contributed by atoms with Crippen molar-refractivity contribution < 1.29 is 15.0 Å². The summed E-state index contributed by atoms with van der Waals surface area (Å²) >= 11 is 0. The molecular formula is C13H26N2O3. The SMILES string of the molecule is CC1CCCCN1CCCNCC(O)CC(=O)O. The smallest absolute Gasteiger partial charge is 0.306 e. The average Bonchev–Trinajstić information content (AvgIpc) is 2.30. The summed E-state index contributed by atoms with van der Waals surface area (Å²) in [4.78, 5) is 12.9. The van der Waals surface area contributed by atoms with Gasteiger partial charge in [0.2, 0.25) is 0 Å². The highest BCUT2D eigenvalue weighted by atomic mass is 16.4. The molecule has 106 valence electrons. The molecule has 2 atom stereocenters. The Bertz CT molecular complexity index is 248. The zero-order valence-corrected chi connectivity index (χ0v) is 11.3. The second-order valence-corrected chi connectivity index (χ2v) is 5.19. The summed E-state index contributed by atoms with van der Waals surface area (Å²) in [6.07, 6.45) is 4.02. The predicted octanol–water partition coefficient (Wildman–Crippen LogP) is 0.676. The van der Waals surface area contributed by atoms with Crippen molar-refractivity contribution in [1.82, 2.24) is 10.2 Å². The van der Waals surface area contributed by atoms with Crippen LogP contribution in [0.4, 0.5) is 0 Å². The van der Waals surface area contributed by atoms with Crippen LogP contribution in [0.15, 0.2) is 0 Å². The van der Waals surface area contributed by atoms with Crippen molar-refractivity contribution >= 4 is 5.97 Å².